The Hall–Kier alpha value is -2.44. The number of carbonyl (C=O) groups excluding carboxylic acids is 1. The van der Waals surface area contributed by atoms with Gasteiger partial charge in [0.15, 0.2) is 5.78 Å². The van der Waals surface area contributed by atoms with E-state index in [-0.39, 0.29) is 12.2 Å². The van der Waals surface area contributed by atoms with E-state index in [0.29, 0.717) is 16.7 Å². The molecule has 0 aliphatic rings. The smallest absolute Gasteiger partial charge is 0.165 e. The van der Waals surface area contributed by atoms with Gasteiger partial charge in [0.25, 0.3) is 0 Å². The van der Waals surface area contributed by atoms with Gasteiger partial charge in [0, 0.05) is 12.0 Å². The number of aliphatic hydroxyl groups is 1. The second-order valence-electron chi connectivity index (χ2n) is 4.24. The summed E-state index contributed by atoms with van der Waals surface area (Å²) in [5, 5.41) is 18.7. The monoisotopic (exact) mass is 251 g/mol. The van der Waals surface area contributed by atoms with Gasteiger partial charge in [-0.2, -0.15) is 5.26 Å². The topological polar surface area (TPSA) is 61.1 Å². The van der Waals surface area contributed by atoms with Crippen LogP contribution in [0.25, 0.3) is 0 Å². The second kappa shape index (κ2) is 5.94. The summed E-state index contributed by atoms with van der Waals surface area (Å²) in [5.74, 6) is -0.0996. The molecule has 1 N–H and O–H groups in total. The van der Waals surface area contributed by atoms with Crippen molar-refractivity contribution >= 4 is 5.78 Å². The molecule has 2 aromatic rings. The molecule has 2 rings (SSSR count). The minimum absolute atomic E-state index is 0.0376. The van der Waals surface area contributed by atoms with Crippen LogP contribution in [0.2, 0.25) is 0 Å². The molecule has 0 amide bonds. The van der Waals surface area contributed by atoms with E-state index in [1.807, 2.05) is 12.1 Å². The molecule has 3 heteroatoms. The third-order valence-corrected chi connectivity index (χ3v) is 2.90. The summed E-state index contributed by atoms with van der Waals surface area (Å²) in [6, 6.07) is 17.5. The number of nitriles is 1. The van der Waals surface area contributed by atoms with Crippen LogP contribution in [-0.2, 0) is 0 Å². The largest absolute Gasteiger partial charge is 0.388 e. The fourth-order valence-electron chi connectivity index (χ4n) is 1.82. The van der Waals surface area contributed by atoms with Crippen molar-refractivity contribution in [2.45, 2.75) is 12.5 Å². The highest BCUT2D eigenvalue weighted by Gasteiger charge is 2.14. The molecule has 0 aliphatic heterocycles. The van der Waals surface area contributed by atoms with Crippen molar-refractivity contribution in [3.63, 3.8) is 0 Å². The van der Waals surface area contributed by atoms with E-state index in [0.717, 1.165) is 0 Å². The Labute approximate surface area is 111 Å². The minimum atomic E-state index is -0.847. The first-order valence-electron chi connectivity index (χ1n) is 5.97. The first-order valence-corrected chi connectivity index (χ1v) is 5.97. The molecule has 3 nitrogen and oxygen atoms in total. The molecule has 0 aromatic heterocycles. The highest BCUT2D eigenvalue weighted by atomic mass is 16.3. The number of Topliss-reactive ketones (excluding diaryl/α,β-unsaturated/α-hetero) is 1. The molecule has 19 heavy (non-hydrogen) atoms. The van der Waals surface area contributed by atoms with Crippen LogP contribution < -0.4 is 0 Å². The molecule has 2 aromatic carbocycles. The number of hydrogen-bond donors (Lipinski definition) is 1. The van der Waals surface area contributed by atoms with Crippen LogP contribution in [0, 0.1) is 11.3 Å². The lowest BCUT2D eigenvalue weighted by atomic mass is 9.99. The first kappa shape index (κ1) is 13.0. The zero-order chi connectivity index (χ0) is 13.7. The van der Waals surface area contributed by atoms with Crippen molar-refractivity contribution in [2.75, 3.05) is 0 Å². The van der Waals surface area contributed by atoms with E-state index < -0.39 is 6.10 Å². The van der Waals surface area contributed by atoms with E-state index in [1.54, 1.807) is 48.5 Å². The van der Waals surface area contributed by atoms with E-state index in [2.05, 4.69) is 0 Å². The van der Waals surface area contributed by atoms with Gasteiger partial charge in [-0.25, -0.2) is 0 Å². The Morgan fingerprint density at radius 3 is 2.32 bits per heavy atom. The lowest BCUT2D eigenvalue weighted by Crippen LogP contribution is -2.07. The van der Waals surface area contributed by atoms with E-state index >= 15 is 0 Å². The Morgan fingerprint density at radius 1 is 1.11 bits per heavy atom. The normalized spacial score (nSPS) is 11.6. The maximum absolute atomic E-state index is 11.9. The summed E-state index contributed by atoms with van der Waals surface area (Å²) in [6.07, 6.45) is -0.809. The van der Waals surface area contributed by atoms with Crippen LogP contribution in [0.4, 0.5) is 0 Å². The molecule has 0 saturated carbocycles. The first-order chi connectivity index (χ1) is 9.20. The maximum Gasteiger partial charge on any atom is 0.165 e. The highest BCUT2D eigenvalue weighted by Crippen LogP contribution is 2.19. The van der Waals surface area contributed by atoms with Crippen molar-refractivity contribution in [1.82, 2.24) is 0 Å². The SMILES string of the molecule is N#Cc1ccc([C@@H](O)CC(=O)c2ccccc2)cc1. The van der Waals surface area contributed by atoms with Gasteiger partial charge in [0.05, 0.1) is 17.7 Å². The fourth-order valence-corrected chi connectivity index (χ4v) is 1.82. The number of ketones is 1. The van der Waals surface area contributed by atoms with Crippen LogP contribution in [0.3, 0.4) is 0 Å². The molecule has 0 saturated heterocycles. The molecule has 0 radical (unpaired) electrons. The van der Waals surface area contributed by atoms with Gasteiger partial charge in [-0.15, -0.1) is 0 Å². The molecule has 0 fully saturated rings. The summed E-state index contributed by atoms with van der Waals surface area (Å²) in [4.78, 5) is 11.9. The molecular formula is C16H13NO2. The lowest BCUT2D eigenvalue weighted by molar-refractivity contribution is 0.0880. The fraction of sp³-hybridized carbons (Fsp3) is 0.125. The molecule has 0 unspecified atom stereocenters. The lowest BCUT2D eigenvalue weighted by Gasteiger charge is -2.10. The Bertz CT molecular complexity index is 597. The third kappa shape index (κ3) is 3.27. The molecule has 0 aliphatic carbocycles. The molecule has 94 valence electrons. The summed E-state index contributed by atoms with van der Waals surface area (Å²) in [5.41, 5.74) is 1.77. The molecule has 0 spiro atoms. The number of nitrogens with zero attached hydrogens (tertiary/aromatic N) is 1. The average Bonchev–Trinajstić information content (AvgIpc) is 2.48. The van der Waals surface area contributed by atoms with Crippen molar-refractivity contribution in [3.8, 4) is 6.07 Å². The van der Waals surface area contributed by atoms with Gasteiger partial charge in [-0.1, -0.05) is 42.5 Å². The quantitative estimate of drug-likeness (QED) is 0.850. The van der Waals surface area contributed by atoms with Gasteiger partial charge < -0.3 is 5.11 Å². The van der Waals surface area contributed by atoms with Crippen LogP contribution in [0.15, 0.2) is 54.6 Å². The van der Waals surface area contributed by atoms with Gasteiger partial charge in [0.1, 0.15) is 0 Å². The molecule has 1 atom stereocenters. The summed E-state index contributed by atoms with van der Waals surface area (Å²) < 4.78 is 0. The summed E-state index contributed by atoms with van der Waals surface area (Å²) >= 11 is 0. The Kier molecular flexibility index (Phi) is 4.07. The minimum Gasteiger partial charge on any atom is -0.388 e. The van der Waals surface area contributed by atoms with Crippen molar-refractivity contribution in [1.29, 1.82) is 5.26 Å². The standard InChI is InChI=1S/C16H13NO2/c17-11-12-6-8-14(9-7-12)16(19)10-15(18)13-4-2-1-3-5-13/h1-9,16,19H,10H2/t16-/m0/s1. The van der Waals surface area contributed by atoms with Gasteiger partial charge in [-0.3, -0.25) is 4.79 Å². The maximum atomic E-state index is 11.9. The van der Waals surface area contributed by atoms with Gasteiger partial charge in [0.2, 0.25) is 0 Å². The number of rotatable bonds is 4. The summed E-state index contributed by atoms with van der Waals surface area (Å²) in [7, 11) is 0. The Morgan fingerprint density at radius 2 is 1.74 bits per heavy atom. The number of hydrogen-bond acceptors (Lipinski definition) is 3. The van der Waals surface area contributed by atoms with Crippen LogP contribution >= 0.6 is 0 Å². The zero-order valence-electron chi connectivity index (χ0n) is 10.3. The van der Waals surface area contributed by atoms with Crippen molar-refractivity contribution in [2.24, 2.45) is 0 Å². The molecule has 0 heterocycles. The van der Waals surface area contributed by atoms with Gasteiger partial charge in [-0.05, 0) is 17.7 Å². The van der Waals surface area contributed by atoms with E-state index in [9.17, 15) is 9.90 Å². The van der Waals surface area contributed by atoms with E-state index in [1.165, 1.54) is 0 Å². The third-order valence-electron chi connectivity index (χ3n) is 2.90. The zero-order valence-corrected chi connectivity index (χ0v) is 10.3. The summed E-state index contributed by atoms with van der Waals surface area (Å²) in [6.45, 7) is 0. The van der Waals surface area contributed by atoms with Crippen molar-refractivity contribution < 1.29 is 9.90 Å². The predicted octanol–water partition coefficient (Wildman–Crippen LogP) is 2.86. The predicted molar refractivity (Wildman–Crippen MR) is 71.5 cm³/mol. The second-order valence-corrected chi connectivity index (χ2v) is 4.24. The van der Waals surface area contributed by atoms with Gasteiger partial charge >= 0.3 is 0 Å². The Balaban J connectivity index is 2.06. The molecule has 0 bridgehead atoms. The van der Waals surface area contributed by atoms with Crippen LogP contribution in [0.5, 0.6) is 0 Å². The van der Waals surface area contributed by atoms with Crippen molar-refractivity contribution in [3.05, 3.63) is 71.3 Å². The number of aliphatic hydroxyl groups excluding tert-OH is 1. The van der Waals surface area contributed by atoms with E-state index in [4.69, 9.17) is 5.26 Å². The average molecular weight is 251 g/mol. The number of carbonyl (C=O) groups is 1. The van der Waals surface area contributed by atoms with Crippen LogP contribution in [-0.4, -0.2) is 10.9 Å². The number of benzene rings is 2. The van der Waals surface area contributed by atoms with Crippen LogP contribution in [0.1, 0.15) is 34.0 Å². The highest BCUT2D eigenvalue weighted by molar-refractivity contribution is 5.96. The molecular weight excluding hydrogens is 238 g/mol.